The van der Waals surface area contributed by atoms with E-state index in [4.69, 9.17) is 10.5 Å². The average Bonchev–Trinajstić information content (AvgIpc) is 2.37. The second-order valence-electron chi connectivity index (χ2n) is 6.58. The van der Waals surface area contributed by atoms with Crippen LogP contribution < -0.4 is 10.5 Å². The van der Waals surface area contributed by atoms with Crippen molar-refractivity contribution < 1.29 is 4.74 Å². The van der Waals surface area contributed by atoms with E-state index in [0.717, 1.165) is 37.5 Å². The first kappa shape index (κ1) is 14.9. The maximum Gasteiger partial charge on any atom is 0.121 e. The molecule has 0 unspecified atom stereocenters. The molecule has 110 valence electrons. The topological polar surface area (TPSA) is 38.5 Å². The van der Waals surface area contributed by atoms with Crippen LogP contribution in [0.4, 0.5) is 5.69 Å². The molecule has 1 aliphatic heterocycles. The van der Waals surface area contributed by atoms with Gasteiger partial charge in [0.25, 0.3) is 0 Å². The van der Waals surface area contributed by atoms with Gasteiger partial charge in [0.15, 0.2) is 0 Å². The summed E-state index contributed by atoms with van der Waals surface area (Å²) in [4.78, 5) is 2.45. The van der Waals surface area contributed by atoms with Crippen molar-refractivity contribution in [2.45, 2.75) is 33.7 Å². The lowest BCUT2D eigenvalue weighted by molar-refractivity contribution is 0.271. The Morgan fingerprint density at radius 2 is 2.00 bits per heavy atom. The van der Waals surface area contributed by atoms with Crippen molar-refractivity contribution in [2.75, 3.05) is 25.9 Å². The van der Waals surface area contributed by atoms with E-state index >= 15 is 0 Å². The monoisotopic (exact) mass is 274 g/mol. The van der Waals surface area contributed by atoms with E-state index in [0.29, 0.717) is 5.41 Å². The van der Waals surface area contributed by atoms with Crippen LogP contribution in [0.2, 0.25) is 0 Å². The van der Waals surface area contributed by atoms with Gasteiger partial charge < -0.3 is 10.5 Å². The summed E-state index contributed by atoms with van der Waals surface area (Å²) in [5.74, 6) is 0.836. The Morgan fingerprint density at radius 1 is 1.25 bits per heavy atom. The van der Waals surface area contributed by atoms with Crippen LogP contribution in [0.5, 0.6) is 5.75 Å². The number of nitrogen functional groups attached to an aromatic ring is 1. The average molecular weight is 274 g/mol. The van der Waals surface area contributed by atoms with Gasteiger partial charge in [-0.1, -0.05) is 32.4 Å². The van der Waals surface area contributed by atoms with Gasteiger partial charge in [-0.15, -0.1) is 0 Å². The van der Waals surface area contributed by atoms with Gasteiger partial charge in [-0.2, -0.15) is 0 Å². The highest BCUT2D eigenvalue weighted by atomic mass is 16.5. The summed E-state index contributed by atoms with van der Waals surface area (Å²) in [6, 6.07) is 5.96. The molecule has 0 aromatic heterocycles. The van der Waals surface area contributed by atoms with E-state index in [9.17, 15) is 0 Å². The molecule has 0 fully saturated rings. The van der Waals surface area contributed by atoms with Crippen LogP contribution in [0.1, 0.15) is 32.8 Å². The summed E-state index contributed by atoms with van der Waals surface area (Å²) in [7, 11) is 1.68. The first-order valence-electron chi connectivity index (χ1n) is 7.24. The first-order chi connectivity index (χ1) is 9.38. The van der Waals surface area contributed by atoms with E-state index < -0.39 is 0 Å². The number of nitrogens with two attached hydrogens (primary N) is 1. The highest BCUT2D eigenvalue weighted by Gasteiger charge is 2.21. The summed E-state index contributed by atoms with van der Waals surface area (Å²) in [5, 5.41) is 0. The third-order valence-corrected chi connectivity index (χ3v) is 3.89. The van der Waals surface area contributed by atoms with Crippen LogP contribution >= 0.6 is 0 Å². The number of hydrogen-bond donors (Lipinski definition) is 1. The quantitative estimate of drug-likeness (QED) is 0.677. The number of methoxy groups -OCH3 is 1. The third kappa shape index (κ3) is 3.76. The Hall–Kier alpha value is -1.48. The van der Waals surface area contributed by atoms with Crippen LogP contribution in [0.3, 0.4) is 0 Å². The fraction of sp³-hybridized carbons (Fsp3) is 0.529. The molecule has 0 aliphatic carbocycles. The van der Waals surface area contributed by atoms with Crippen molar-refractivity contribution in [3.05, 3.63) is 35.4 Å². The standard InChI is InChI=1S/C17H26N2O/c1-17(2,3)14-5-7-19(8-6-14)12-13-9-15(18)11-16(10-13)20-4/h5,9-11H,6-8,12,18H2,1-4H3. The molecule has 0 radical (unpaired) electrons. The SMILES string of the molecule is COc1cc(N)cc(CN2CC=C(C(C)(C)C)CC2)c1. The first-order valence-corrected chi connectivity index (χ1v) is 7.24. The van der Waals surface area contributed by atoms with Gasteiger partial charge >= 0.3 is 0 Å². The minimum absolute atomic E-state index is 0.298. The Kier molecular flexibility index (Phi) is 4.39. The van der Waals surface area contributed by atoms with Gasteiger partial charge in [-0.25, -0.2) is 0 Å². The maximum atomic E-state index is 5.91. The molecule has 0 saturated carbocycles. The molecular weight excluding hydrogens is 248 g/mol. The van der Waals surface area contributed by atoms with Gasteiger partial charge in [0.2, 0.25) is 0 Å². The molecule has 0 atom stereocenters. The maximum absolute atomic E-state index is 5.91. The largest absolute Gasteiger partial charge is 0.497 e. The number of ether oxygens (including phenoxy) is 1. The molecule has 2 rings (SSSR count). The number of benzene rings is 1. The van der Waals surface area contributed by atoms with Crippen LogP contribution in [-0.2, 0) is 6.54 Å². The van der Waals surface area contributed by atoms with Crippen molar-refractivity contribution in [2.24, 2.45) is 5.41 Å². The predicted octanol–water partition coefficient (Wildman–Crippen LogP) is 3.46. The van der Waals surface area contributed by atoms with Crippen LogP contribution in [-0.4, -0.2) is 25.1 Å². The van der Waals surface area contributed by atoms with Gasteiger partial charge in [0.05, 0.1) is 7.11 Å². The normalized spacial score (nSPS) is 16.9. The number of rotatable bonds is 3. The zero-order valence-corrected chi connectivity index (χ0v) is 13.1. The molecule has 1 aliphatic rings. The Morgan fingerprint density at radius 3 is 2.55 bits per heavy atom. The van der Waals surface area contributed by atoms with Crippen molar-refractivity contribution in [3.63, 3.8) is 0 Å². The molecule has 3 heteroatoms. The number of nitrogens with zero attached hydrogens (tertiary/aromatic N) is 1. The van der Waals surface area contributed by atoms with E-state index in [1.165, 1.54) is 5.56 Å². The van der Waals surface area contributed by atoms with E-state index in [1.54, 1.807) is 12.7 Å². The van der Waals surface area contributed by atoms with E-state index in [1.807, 2.05) is 12.1 Å². The van der Waals surface area contributed by atoms with Crippen molar-refractivity contribution >= 4 is 5.69 Å². The summed E-state index contributed by atoms with van der Waals surface area (Å²) < 4.78 is 5.28. The molecule has 2 N–H and O–H groups in total. The lowest BCUT2D eigenvalue weighted by Gasteiger charge is -2.32. The van der Waals surface area contributed by atoms with Gasteiger partial charge in [-0.3, -0.25) is 4.90 Å². The Balaban J connectivity index is 2.02. The summed E-state index contributed by atoms with van der Waals surface area (Å²) in [5.41, 5.74) is 9.76. The predicted molar refractivity (Wildman–Crippen MR) is 84.8 cm³/mol. The fourth-order valence-electron chi connectivity index (χ4n) is 2.69. The Bertz CT molecular complexity index is 500. The zero-order valence-electron chi connectivity index (χ0n) is 13.1. The third-order valence-electron chi connectivity index (χ3n) is 3.89. The molecule has 1 heterocycles. The van der Waals surface area contributed by atoms with Crippen molar-refractivity contribution in [3.8, 4) is 5.75 Å². The van der Waals surface area contributed by atoms with Crippen LogP contribution in [0, 0.1) is 5.41 Å². The molecule has 1 aromatic rings. The lowest BCUT2D eigenvalue weighted by Crippen LogP contribution is -2.30. The molecule has 0 bridgehead atoms. The number of hydrogen-bond acceptors (Lipinski definition) is 3. The van der Waals surface area contributed by atoms with Crippen molar-refractivity contribution in [1.82, 2.24) is 4.90 Å². The van der Waals surface area contributed by atoms with Crippen molar-refractivity contribution in [1.29, 1.82) is 0 Å². The summed E-state index contributed by atoms with van der Waals surface area (Å²) in [6.07, 6.45) is 3.54. The molecule has 3 nitrogen and oxygen atoms in total. The van der Waals surface area contributed by atoms with E-state index in [-0.39, 0.29) is 0 Å². The molecule has 1 aromatic carbocycles. The summed E-state index contributed by atoms with van der Waals surface area (Å²) in [6.45, 7) is 9.92. The van der Waals surface area contributed by atoms with Gasteiger partial charge in [0, 0.05) is 31.4 Å². The van der Waals surface area contributed by atoms with Gasteiger partial charge in [0.1, 0.15) is 5.75 Å². The van der Waals surface area contributed by atoms with Gasteiger partial charge in [-0.05, 0) is 29.5 Å². The second-order valence-corrected chi connectivity index (χ2v) is 6.58. The highest BCUT2D eigenvalue weighted by Crippen LogP contribution is 2.30. The van der Waals surface area contributed by atoms with E-state index in [2.05, 4.69) is 37.8 Å². The van der Waals surface area contributed by atoms with Crippen LogP contribution in [0.15, 0.2) is 29.8 Å². The molecular formula is C17H26N2O. The fourth-order valence-corrected chi connectivity index (χ4v) is 2.69. The lowest BCUT2D eigenvalue weighted by atomic mass is 9.83. The minimum Gasteiger partial charge on any atom is -0.497 e. The Labute approximate surface area is 122 Å². The number of anilines is 1. The molecule has 0 spiro atoms. The molecule has 0 saturated heterocycles. The molecule has 0 amide bonds. The smallest absolute Gasteiger partial charge is 0.121 e. The minimum atomic E-state index is 0.298. The van der Waals surface area contributed by atoms with Crippen LogP contribution in [0.25, 0.3) is 0 Å². The molecule has 20 heavy (non-hydrogen) atoms. The summed E-state index contributed by atoms with van der Waals surface area (Å²) >= 11 is 0. The zero-order chi connectivity index (χ0) is 14.8. The highest BCUT2D eigenvalue weighted by molar-refractivity contribution is 5.47. The second kappa shape index (κ2) is 5.88.